The Balaban J connectivity index is 2.54. The molecular formula is C16H24O4. The average molecular weight is 280 g/mol. The van der Waals surface area contributed by atoms with E-state index in [2.05, 4.69) is 20.4 Å². The third-order valence-corrected chi connectivity index (χ3v) is 5.37. The second kappa shape index (κ2) is 4.92. The molecule has 0 unspecified atom stereocenters. The molecule has 0 aromatic heterocycles. The Morgan fingerprint density at radius 3 is 2.65 bits per heavy atom. The number of rotatable bonds is 4. The van der Waals surface area contributed by atoms with Crippen LogP contribution < -0.4 is 0 Å². The third-order valence-electron chi connectivity index (χ3n) is 5.37. The molecule has 2 bridgehead atoms. The lowest BCUT2D eigenvalue weighted by molar-refractivity contribution is -0.142. The molecule has 0 radical (unpaired) electrons. The number of fused-ring (bicyclic) bond motifs is 2. The van der Waals surface area contributed by atoms with Crippen molar-refractivity contribution in [2.75, 3.05) is 13.7 Å². The smallest absolute Gasteiger partial charge is 0.373 e. The minimum Gasteiger partial charge on any atom is -0.490 e. The molecule has 0 aromatic carbocycles. The summed E-state index contributed by atoms with van der Waals surface area (Å²) in [4.78, 5) is 12.0. The van der Waals surface area contributed by atoms with Crippen LogP contribution in [0, 0.1) is 16.7 Å². The van der Waals surface area contributed by atoms with Crippen molar-refractivity contribution in [3.8, 4) is 0 Å². The van der Waals surface area contributed by atoms with Crippen molar-refractivity contribution in [3.05, 3.63) is 24.0 Å². The molecule has 2 fully saturated rings. The number of aliphatic hydroxyl groups is 1. The lowest BCUT2D eigenvalue weighted by Crippen LogP contribution is -2.37. The van der Waals surface area contributed by atoms with E-state index in [1.165, 1.54) is 7.11 Å². The fraction of sp³-hybridized carbons (Fsp3) is 0.688. The van der Waals surface area contributed by atoms with Crippen LogP contribution >= 0.6 is 0 Å². The molecule has 20 heavy (non-hydrogen) atoms. The molecule has 4 heteroatoms. The van der Waals surface area contributed by atoms with Crippen molar-refractivity contribution in [1.29, 1.82) is 0 Å². The first kappa shape index (κ1) is 15.1. The molecule has 0 aromatic rings. The van der Waals surface area contributed by atoms with Gasteiger partial charge >= 0.3 is 5.97 Å². The van der Waals surface area contributed by atoms with Gasteiger partial charge in [0, 0.05) is 11.0 Å². The summed E-state index contributed by atoms with van der Waals surface area (Å²) < 4.78 is 10.3. The first-order valence-electron chi connectivity index (χ1n) is 7.14. The van der Waals surface area contributed by atoms with Crippen LogP contribution in [0.1, 0.15) is 33.6 Å². The summed E-state index contributed by atoms with van der Waals surface area (Å²) in [7, 11) is 1.45. The zero-order valence-electron chi connectivity index (χ0n) is 12.7. The number of carbonyl (C=O) groups is 1. The van der Waals surface area contributed by atoms with Gasteiger partial charge in [0.1, 0.15) is 0 Å². The number of ether oxygens (including phenoxy) is 2. The number of esters is 1. The first-order chi connectivity index (χ1) is 9.37. The summed E-state index contributed by atoms with van der Waals surface area (Å²) in [5, 5.41) is 10.8. The molecule has 2 saturated carbocycles. The Bertz CT molecular complexity index is 463. The fourth-order valence-corrected chi connectivity index (χ4v) is 4.17. The lowest BCUT2D eigenvalue weighted by atomic mass is 9.68. The maximum absolute atomic E-state index is 12.0. The molecule has 3 atom stereocenters. The van der Waals surface area contributed by atoms with Gasteiger partial charge in [-0.05, 0) is 31.1 Å². The van der Waals surface area contributed by atoms with E-state index in [0.717, 1.165) is 12.8 Å². The molecule has 0 aliphatic heterocycles. The summed E-state index contributed by atoms with van der Waals surface area (Å²) in [5.74, 6) is -0.206. The van der Waals surface area contributed by atoms with Crippen molar-refractivity contribution in [2.45, 2.75) is 39.7 Å². The van der Waals surface area contributed by atoms with Crippen LogP contribution in [0.15, 0.2) is 24.0 Å². The van der Waals surface area contributed by atoms with E-state index < -0.39 is 12.1 Å². The van der Waals surface area contributed by atoms with Crippen LogP contribution in [0.25, 0.3) is 0 Å². The van der Waals surface area contributed by atoms with Gasteiger partial charge in [0.25, 0.3) is 0 Å². The van der Waals surface area contributed by atoms with Crippen LogP contribution in [-0.2, 0) is 14.3 Å². The molecule has 2 rings (SSSR count). The molecular weight excluding hydrogens is 256 g/mol. The van der Waals surface area contributed by atoms with Gasteiger partial charge in [-0.2, -0.15) is 0 Å². The summed E-state index contributed by atoms with van der Waals surface area (Å²) in [6, 6.07) is 0. The predicted octanol–water partition coefficient (Wildman–Crippen LogP) is 2.43. The Morgan fingerprint density at radius 2 is 2.20 bits per heavy atom. The number of hydrogen-bond acceptors (Lipinski definition) is 4. The van der Waals surface area contributed by atoms with Gasteiger partial charge < -0.3 is 14.6 Å². The average Bonchev–Trinajstić information content (AvgIpc) is 2.74. The summed E-state index contributed by atoms with van der Waals surface area (Å²) in [6.07, 6.45) is 2.94. The molecule has 0 heterocycles. The zero-order valence-corrected chi connectivity index (χ0v) is 12.7. The summed E-state index contributed by atoms with van der Waals surface area (Å²) in [5.41, 5.74) is 0.158. The van der Waals surface area contributed by atoms with Crippen molar-refractivity contribution >= 4 is 5.97 Å². The highest BCUT2D eigenvalue weighted by atomic mass is 16.6. The minimum atomic E-state index is -0.729. The maximum Gasteiger partial charge on any atom is 0.373 e. The van der Waals surface area contributed by atoms with Crippen LogP contribution in [0.3, 0.4) is 0 Å². The van der Waals surface area contributed by atoms with E-state index in [9.17, 15) is 9.90 Å². The normalized spacial score (nSPS) is 36.6. The topological polar surface area (TPSA) is 55.8 Å². The second-order valence-electron chi connectivity index (χ2n) is 6.17. The SMILES string of the molecule is C=C[C@]12CC[C@H](/C(=C(/OC)C(=O)OCC)[C@H]1O)C2(C)C. The third kappa shape index (κ3) is 1.67. The van der Waals surface area contributed by atoms with Gasteiger partial charge in [-0.25, -0.2) is 4.79 Å². The van der Waals surface area contributed by atoms with Gasteiger partial charge in [0.05, 0.1) is 19.8 Å². The minimum absolute atomic E-state index is 0.120. The summed E-state index contributed by atoms with van der Waals surface area (Å²) >= 11 is 0. The summed E-state index contributed by atoms with van der Waals surface area (Å²) in [6.45, 7) is 10.2. The fourth-order valence-electron chi connectivity index (χ4n) is 4.17. The highest BCUT2D eigenvalue weighted by molar-refractivity contribution is 5.87. The van der Waals surface area contributed by atoms with E-state index in [1.54, 1.807) is 6.92 Å². The lowest BCUT2D eigenvalue weighted by Gasteiger charge is -2.37. The van der Waals surface area contributed by atoms with Gasteiger partial charge in [0.2, 0.25) is 5.76 Å². The zero-order chi connectivity index (χ0) is 15.1. The van der Waals surface area contributed by atoms with Crippen LogP contribution in [0.2, 0.25) is 0 Å². The highest BCUT2D eigenvalue weighted by Crippen LogP contribution is 2.68. The Morgan fingerprint density at radius 1 is 1.55 bits per heavy atom. The molecule has 4 nitrogen and oxygen atoms in total. The van der Waals surface area contributed by atoms with Crippen LogP contribution in [0.4, 0.5) is 0 Å². The van der Waals surface area contributed by atoms with Crippen LogP contribution in [-0.4, -0.2) is 30.9 Å². The van der Waals surface area contributed by atoms with Crippen molar-refractivity contribution < 1.29 is 19.4 Å². The number of methoxy groups -OCH3 is 1. The van der Waals surface area contributed by atoms with Crippen LogP contribution in [0.5, 0.6) is 0 Å². The second-order valence-corrected chi connectivity index (χ2v) is 6.17. The Hall–Kier alpha value is -1.29. The molecule has 2 aliphatic carbocycles. The first-order valence-corrected chi connectivity index (χ1v) is 7.14. The largest absolute Gasteiger partial charge is 0.490 e. The standard InChI is InChI=1S/C16H24O4/c1-6-16-9-8-10(15(16,3)4)11(13(16)17)12(19-5)14(18)20-7-2/h6,10,13,17H,1,7-9H2,2-5H3/b12-11-/t10-,13-,16+/m1/s1. The van der Waals surface area contributed by atoms with Crippen molar-refractivity contribution in [3.63, 3.8) is 0 Å². The van der Waals surface area contributed by atoms with E-state index in [1.807, 2.05) is 6.08 Å². The molecule has 1 N–H and O–H groups in total. The van der Waals surface area contributed by atoms with Crippen molar-refractivity contribution in [2.24, 2.45) is 16.7 Å². The van der Waals surface area contributed by atoms with Gasteiger partial charge in [-0.1, -0.05) is 19.9 Å². The molecule has 0 spiro atoms. The van der Waals surface area contributed by atoms with E-state index >= 15 is 0 Å². The Labute approximate surface area is 120 Å². The highest BCUT2D eigenvalue weighted by Gasteiger charge is 2.66. The predicted molar refractivity (Wildman–Crippen MR) is 75.8 cm³/mol. The van der Waals surface area contributed by atoms with Gasteiger partial charge in [0.15, 0.2) is 0 Å². The number of hydrogen-bond donors (Lipinski definition) is 1. The Kier molecular flexibility index (Phi) is 3.71. The van der Waals surface area contributed by atoms with Gasteiger partial charge in [-0.15, -0.1) is 6.58 Å². The maximum atomic E-state index is 12.0. The van der Waals surface area contributed by atoms with Gasteiger partial charge in [-0.3, -0.25) is 0 Å². The van der Waals surface area contributed by atoms with E-state index in [0.29, 0.717) is 5.57 Å². The monoisotopic (exact) mass is 280 g/mol. The quantitative estimate of drug-likeness (QED) is 0.372. The van der Waals surface area contributed by atoms with E-state index in [-0.39, 0.29) is 29.1 Å². The van der Waals surface area contributed by atoms with E-state index in [4.69, 9.17) is 9.47 Å². The number of carbonyl (C=O) groups excluding carboxylic acids is 1. The van der Waals surface area contributed by atoms with Crippen molar-refractivity contribution in [1.82, 2.24) is 0 Å². The molecule has 2 aliphatic rings. The molecule has 0 saturated heterocycles. The molecule has 0 amide bonds. The number of aliphatic hydroxyl groups excluding tert-OH is 1. The molecule has 112 valence electrons.